The third-order valence-corrected chi connectivity index (χ3v) is 3.29. The predicted molar refractivity (Wildman–Crippen MR) is 83.2 cm³/mol. The molecule has 0 aliphatic carbocycles. The van der Waals surface area contributed by atoms with E-state index >= 15 is 0 Å². The Kier molecular flexibility index (Phi) is 6.56. The maximum Gasteiger partial charge on any atom is 0.0366 e. The van der Waals surface area contributed by atoms with Crippen molar-refractivity contribution in [2.24, 2.45) is 0 Å². The average molecular weight is 245 g/mol. The van der Waals surface area contributed by atoms with E-state index in [0.29, 0.717) is 0 Å². The van der Waals surface area contributed by atoms with Gasteiger partial charge < -0.3 is 4.90 Å². The van der Waals surface area contributed by atoms with Gasteiger partial charge in [-0.15, -0.1) is 0 Å². The van der Waals surface area contributed by atoms with E-state index in [-0.39, 0.29) is 0 Å². The molecule has 0 spiro atoms. The molecule has 0 aromatic heterocycles. The van der Waals surface area contributed by atoms with Crippen LogP contribution < -0.4 is 4.90 Å². The van der Waals surface area contributed by atoms with Gasteiger partial charge in [0.15, 0.2) is 0 Å². The number of rotatable bonds is 8. The highest BCUT2D eigenvalue weighted by Gasteiger charge is 2.05. The minimum absolute atomic E-state index is 1.13. The van der Waals surface area contributed by atoms with Crippen LogP contribution in [-0.4, -0.2) is 13.1 Å². The van der Waals surface area contributed by atoms with Crippen LogP contribution in [0.4, 0.5) is 5.69 Å². The molecule has 1 aromatic rings. The largest absolute Gasteiger partial charge is 0.372 e. The monoisotopic (exact) mass is 245 g/mol. The van der Waals surface area contributed by atoms with Crippen LogP contribution in [0.3, 0.4) is 0 Å². The van der Waals surface area contributed by atoms with E-state index in [2.05, 4.69) is 56.5 Å². The minimum Gasteiger partial charge on any atom is -0.372 e. The van der Waals surface area contributed by atoms with Crippen molar-refractivity contribution in [3.05, 3.63) is 36.4 Å². The molecule has 0 saturated carbocycles. The molecule has 0 bridgehead atoms. The van der Waals surface area contributed by atoms with E-state index in [1.165, 1.54) is 50.0 Å². The van der Waals surface area contributed by atoms with Crippen LogP contribution in [-0.2, 0) is 0 Å². The molecule has 0 aliphatic rings. The van der Waals surface area contributed by atoms with E-state index in [9.17, 15) is 0 Å². The summed E-state index contributed by atoms with van der Waals surface area (Å²) in [5, 5.41) is 0. The molecule has 0 fully saturated rings. The number of anilines is 1. The predicted octanol–water partition coefficient (Wildman–Crippen LogP) is 5.13. The zero-order chi connectivity index (χ0) is 13.4. The van der Waals surface area contributed by atoms with Crippen molar-refractivity contribution in [1.82, 2.24) is 0 Å². The summed E-state index contributed by atoms with van der Waals surface area (Å²) in [5.74, 6) is 0. The molecular formula is C17H27N. The van der Waals surface area contributed by atoms with Crippen molar-refractivity contribution in [1.29, 1.82) is 0 Å². The molecule has 0 heterocycles. The lowest BCUT2D eigenvalue weighted by Gasteiger charge is -2.25. The Morgan fingerprint density at radius 1 is 1.00 bits per heavy atom. The van der Waals surface area contributed by atoms with Gasteiger partial charge in [0, 0.05) is 18.8 Å². The highest BCUT2D eigenvalue weighted by Crippen LogP contribution is 2.20. The number of nitrogens with zero attached hydrogens (tertiary/aromatic N) is 1. The van der Waals surface area contributed by atoms with Gasteiger partial charge in [0.1, 0.15) is 0 Å². The van der Waals surface area contributed by atoms with Gasteiger partial charge in [-0.05, 0) is 37.5 Å². The normalized spacial score (nSPS) is 10.4. The van der Waals surface area contributed by atoms with Crippen molar-refractivity contribution in [2.45, 2.75) is 46.5 Å². The van der Waals surface area contributed by atoms with Gasteiger partial charge in [0.05, 0.1) is 0 Å². The smallest absolute Gasteiger partial charge is 0.0366 e. The molecule has 1 heteroatoms. The van der Waals surface area contributed by atoms with Gasteiger partial charge in [0.2, 0.25) is 0 Å². The summed E-state index contributed by atoms with van der Waals surface area (Å²) in [4.78, 5) is 2.51. The molecule has 0 N–H and O–H groups in total. The zero-order valence-electron chi connectivity index (χ0n) is 12.2. The van der Waals surface area contributed by atoms with Crippen molar-refractivity contribution in [2.75, 3.05) is 18.0 Å². The molecule has 0 saturated heterocycles. The fourth-order valence-electron chi connectivity index (χ4n) is 2.02. The molecule has 1 rings (SSSR count). The average Bonchev–Trinajstić information content (AvgIpc) is 2.39. The number of hydrogen-bond donors (Lipinski definition) is 0. The molecule has 100 valence electrons. The molecule has 18 heavy (non-hydrogen) atoms. The summed E-state index contributed by atoms with van der Waals surface area (Å²) in [6.45, 7) is 12.9. The van der Waals surface area contributed by atoms with Gasteiger partial charge >= 0.3 is 0 Å². The van der Waals surface area contributed by atoms with Gasteiger partial charge in [-0.25, -0.2) is 0 Å². The summed E-state index contributed by atoms with van der Waals surface area (Å²) >= 11 is 0. The highest BCUT2D eigenvalue weighted by molar-refractivity contribution is 5.63. The Balaban J connectivity index is 2.73. The maximum atomic E-state index is 3.99. The van der Waals surface area contributed by atoms with Crippen LogP contribution >= 0.6 is 0 Å². The van der Waals surface area contributed by atoms with Crippen molar-refractivity contribution in [3.8, 4) is 0 Å². The van der Waals surface area contributed by atoms with Crippen LogP contribution in [0.2, 0.25) is 0 Å². The topological polar surface area (TPSA) is 3.24 Å². The maximum absolute atomic E-state index is 3.99. The quantitative estimate of drug-likeness (QED) is 0.614. The first-order valence-corrected chi connectivity index (χ1v) is 7.20. The molecule has 0 aliphatic heterocycles. The molecule has 0 amide bonds. The van der Waals surface area contributed by atoms with Crippen LogP contribution in [0.5, 0.6) is 0 Å². The Morgan fingerprint density at radius 3 is 1.89 bits per heavy atom. The van der Waals surface area contributed by atoms with Crippen molar-refractivity contribution >= 4 is 11.3 Å². The van der Waals surface area contributed by atoms with Crippen molar-refractivity contribution < 1.29 is 0 Å². The Bertz CT molecular complexity index is 342. The molecule has 0 atom stereocenters. The lowest BCUT2D eigenvalue weighted by atomic mass is 10.1. The van der Waals surface area contributed by atoms with E-state index in [0.717, 1.165) is 5.57 Å². The molecule has 0 radical (unpaired) electrons. The first-order chi connectivity index (χ1) is 8.69. The number of benzene rings is 1. The van der Waals surface area contributed by atoms with Crippen molar-refractivity contribution in [3.63, 3.8) is 0 Å². The third-order valence-electron chi connectivity index (χ3n) is 3.29. The fourth-order valence-corrected chi connectivity index (χ4v) is 2.02. The molecule has 1 aromatic carbocycles. The summed E-state index contributed by atoms with van der Waals surface area (Å²) in [6.07, 6.45) is 5.05. The molecular weight excluding hydrogens is 218 g/mol. The number of allylic oxidation sites excluding steroid dienone is 1. The van der Waals surface area contributed by atoms with Crippen LogP contribution in [0.25, 0.3) is 5.57 Å². The lowest BCUT2D eigenvalue weighted by Crippen LogP contribution is -2.25. The van der Waals surface area contributed by atoms with Crippen LogP contribution in [0.15, 0.2) is 30.8 Å². The number of unbranched alkanes of at least 4 members (excludes halogenated alkanes) is 2. The standard InChI is InChI=1S/C17H27N/c1-5-7-13-18(14-8-6-2)17-11-9-16(10-12-17)15(3)4/h9-12H,3,5-8,13-14H2,1-2,4H3. The van der Waals surface area contributed by atoms with Crippen LogP contribution in [0, 0.1) is 0 Å². The second kappa shape index (κ2) is 7.97. The lowest BCUT2D eigenvalue weighted by molar-refractivity contribution is 0.678. The second-order valence-electron chi connectivity index (χ2n) is 5.02. The summed E-state index contributed by atoms with van der Waals surface area (Å²) < 4.78 is 0. The minimum atomic E-state index is 1.13. The van der Waals surface area contributed by atoms with Gasteiger partial charge in [-0.2, -0.15) is 0 Å². The Hall–Kier alpha value is -1.24. The summed E-state index contributed by atoms with van der Waals surface area (Å²) in [6, 6.07) is 8.83. The summed E-state index contributed by atoms with van der Waals surface area (Å²) in [7, 11) is 0. The fraction of sp³-hybridized carbons (Fsp3) is 0.529. The number of hydrogen-bond acceptors (Lipinski definition) is 1. The van der Waals surface area contributed by atoms with E-state index < -0.39 is 0 Å². The first-order valence-electron chi connectivity index (χ1n) is 7.20. The van der Waals surface area contributed by atoms with E-state index in [1.54, 1.807) is 0 Å². The van der Waals surface area contributed by atoms with Gasteiger partial charge in [-0.3, -0.25) is 0 Å². The van der Waals surface area contributed by atoms with Crippen LogP contribution in [0.1, 0.15) is 52.0 Å². The Labute approximate surface area is 113 Å². The zero-order valence-corrected chi connectivity index (χ0v) is 12.2. The first kappa shape index (κ1) is 14.8. The van der Waals surface area contributed by atoms with E-state index in [4.69, 9.17) is 0 Å². The van der Waals surface area contributed by atoms with E-state index in [1.807, 2.05) is 0 Å². The molecule has 0 unspecified atom stereocenters. The van der Waals surface area contributed by atoms with Gasteiger partial charge in [0.25, 0.3) is 0 Å². The summed E-state index contributed by atoms with van der Waals surface area (Å²) in [5.41, 5.74) is 3.72. The SMILES string of the molecule is C=C(C)c1ccc(N(CCCC)CCCC)cc1. The third kappa shape index (κ3) is 4.56. The Morgan fingerprint density at radius 2 is 1.50 bits per heavy atom. The molecule has 1 nitrogen and oxygen atoms in total. The van der Waals surface area contributed by atoms with Gasteiger partial charge in [-0.1, -0.05) is 51.0 Å². The second-order valence-corrected chi connectivity index (χ2v) is 5.02. The highest BCUT2D eigenvalue weighted by atomic mass is 15.1.